The van der Waals surface area contributed by atoms with Crippen molar-refractivity contribution < 1.29 is 4.79 Å². The van der Waals surface area contributed by atoms with Crippen molar-refractivity contribution in [3.8, 4) is 0 Å². The van der Waals surface area contributed by atoms with Gasteiger partial charge in [0, 0.05) is 0 Å². The summed E-state index contributed by atoms with van der Waals surface area (Å²) in [4.78, 5) is 10.8. The molecule has 80 valence electrons. The summed E-state index contributed by atoms with van der Waals surface area (Å²) in [6.45, 7) is 12.3. The van der Waals surface area contributed by atoms with E-state index in [2.05, 4.69) is 40.7 Å². The van der Waals surface area contributed by atoms with E-state index in [0.717, 1.165) is 0 Å². The Morgan fingerprint density at radius 1 is 1.14 bits per heavy atom. The van der Waals surface area contributed by atoms with Crippen molar-refractivity contribution in [1.82, 2.24) is 0 Å². The van der Waals surface area contributed by atoms with Gasteiger partial charge in [-0.1, -0.05) is 46.8 Å². The van der Waals surface area contributed by atoms with Crippen molar-refractivity contribution in [2.45, 2.75) is 41.5 Å². The van der Waals surface area contributed by atoms with Crippen LogP contribution in [-0.4, -0.2) is 5.78 Å². The van der Waals surface area contributed by atoms with Crippen molar-refractivity contribution in [2.75, 3.05) is 0 Å². The van der Waals surface area contributed by atoms with Crippen LogP contribution in [0.15, 0.2) is 23.8 Å². The highest BCUT2D eigenvalue weighted by Crippen LogP contribution is 2.22. The van der Waals surface area contributed by atoms with Gasteiger partial charge in [0.15, 0.2) is 5.78 Å². The normalized spacial score (nSPS) is 14.1. The topological polar surface area (TPSA) is 17.1 Å². The van der Waals surface area contributed by atoms with Crippen molar-refractivity contribution in [1.29, 1.82) is 0 Å². The van der Waals surface area contributed by atoms with Crippen LogP contribution in [0.2, 0.25) is 0 Å². The quantitative estimate of drug-likeness (QED) is 0.494. The summed E-state index contributed by atoms with van der Waals surface area (Å²) in [5, 5.41) is 0. The Balaban J connectivity index is 4.79. The first kappa shape index (κ1) is 13.2. The molecule has 0 atom stereocenters. The van der Waals surface area contributed by atoms with Crippen molar-refractivity contribution in [3.05, 3.63) is 23.8 Å². The third-order valence-electron chi connectivity index (χ3n) is 1.78. The van der Waals surface area contributed by atoms with E-state index in [1.165, 1.54) is 5.57 Å². The summed E-state index contributed by atoms with van der Waals surface area (Å²) in [6.07, 6.45) is 5.78. The maximum absolute atomic E-state index is 10.8. The van der Waals surface area contributed by atoms with Crippen LogP contribution in [0.4, 0.5) is 0 Å². The summed E-state index contributed by atoms with van der Waals surface area (Å²) >= 11 is 0. The highest BCUT2D eigenvalue weighted by atomic mass is 16.1. The van der Waals surface area contributed by atoms with Gasteiger partial charge < -0.3 is 0 Å². The molecule has 0 spiro atoms. The lowest BCUT2D eigenvalue weighted by Crippen LogP contribution is -2.04. The van der Waals surface area contributed by atoms with Gasteiger partial charge in [-0.3, -0.25) is 4.79 Å². The van der Waals surface area contributed by atoms with Crippen LogP contribution < -0.4 is 0 Å². The molecule has 0 saturated carbocycles. The molecular weight excluding hydrogens is 172 g/mol. The standard InChI is InChI=1S/C13H22O/c1-10(2)12(8-7-11(3)14)9-13(4,5)6/h7-10H,1-6H3/b8-7+,12-9+. The maximum atomic E-state index is 10.8. The molecule has 0 aliphatic carbocycles. The van der Waals surface area contributed by atoms with Gasteiger partial charge in [-0.05, 0) is 29.9 Å². The fourth-order valence-electron chi connectivity index (χ4n) is 1.12. The van der Waals surface area contributed by atoms with Crippen LogP contribution in [0.1, 0.15) is 41.5 Å². The van der Waals surface area contributed by atoms with Gasteiger partial charge in [0.25, 0.3) is 0 Å². The van der Waals surface area contributed by atoms with E-state index in [9.17, 15) is 4.79 Å². The molecule has 0 unspecified atom stereocenters. The minimum absolute atomic E-state index is 0.102. The van der Waals surface area contributed by atoms with Gasteiger partial charge in [0.05, 0.1) is 0 Å². The Bertz CT molecular complexity index is 249. The molecule has 0 aromatic carbocycles. The van der Waals surface area contributed by atoms with Gasteiger partial charge >= 0.3 is 0 Å². The average molecular weight is 194 g/mol. The molecule has 1 heteroatoms. The molecule has 0 saturated heterocycles. The first-order valence-corrected chi connectivity index (χ1v) is 5.14. The third-order valence-corrected chi connectivity index (χ3v) is 1.78. The molecule has 0 rings (SSSR count). The summed E-state index contributed by atoms with van der Waals surface area (Å²) in [6, 6.07) is 0. The van der Waals surface area contributed by atoms with Gasteiger partial charge in [-0.15, -0.1) is 0 Å². The van der Waals surface area contributed by atoms with Crippen LogP contribution >= 0.6 is 0 Å². The van der Waals surface area contributed by atoms with Gasteiger partial charge in [0.1, 0.15) is 0 Å². The predicted molar refractivity (Wildman–Crippen MR) is 62.2 cm³/mol. The number of hydrogen-bond donors (Lipinski definition) is 0. The largest absolute Gasteiger partial charge is 0.295 e. The molecule has 0 fully saturated rings. The Labute approximate surface area is 87.9 Å². The van der Waals surface area contributed by atoms with Gasteiger partial charge in [-0.2, -0.15) is 0 Å². The maximum Gasteiger partial charge on any atom is 0.152 e. The third kappa shape index (κ3) is 6.64. The van der Waals surface area contributed by atoms with Crippen LogP contribution in [0.3, 0.4) is 0 Å². The zero-order chi connectivity index (χ0) is 11.4. The molecule has 0 aromatic heterocycles. The van der Waals surface area contributed by atoms with Crippen LogP contribution in [-0.2, 0) is 4.79 Å². The van der Waals surface area contributed by atoms with Crippen molar-refractivity contribution in [2.24, 2.45) is 11.3 Å². The van der Waals surface area contributed by atoms with E-state index in [0.29, 0.717) is 5.92 Å². The number of rotatable bonds is 3. The first-order chi connectivity index (χ1) is 6.22. The smallest absolute Gasteiger partial charge is 0.152 e. The highest BCUT2D eigenvalue weighted by molar-refractivity contribution is 5.87. The van der Waals surface area contributed by atoms with Crippen molar-refractivity contribution in [3.63, 3.8) is 0 Å². The fraction of sp³-hybridized carbons (Fsp3) is 0.615. The monoisotopic (exact) mass is 194 g/mol. The van der Waals surface area contributed by atoms with Gasteiger partial charge in [0.2, 0.25) is 0 Å². The van der Waals surface area contributed by atoms with Crippen molar-refractivity contribution >= 4 is 5.78 Å². The first-order valence-electron chi connectivity index (χ1n) is 5.14. The molecule has 0 aliphatic heterocycles. The predicted octanol–water partition coefficient (Wildman–Crippen LogP) is 3.76. The van der Waals surface area contributed by atoms with Crippen LogP contribution in [0.25, 0.3) is 0 Å². The summed E-state index contributed by atoms with van der Waals surface area (Å²) in [7, 11) is 0. The highest BCUT2D eigenvalue weighted by Gasteiger charge is 2.09. The Morgan fingerprint density at radius 3 is 1.93 bits per heavy atom. The van der Waals surface area contributed by atoms with E-state index in [4.69, 9.17) is 0 Å². The lowest BCUT2D eigenvalue weighted by atomic mass is 9.89. The second kappa shape index (κ2) is 5.14. The summed E-state index contributed by atoms with van der Waals surface area (Å²) in [5.41, 5.74) is 1.40. The SMILES string of the molecule is CC(=O)/C=C/C(=C\C(C)(C)C)C(C)C. The van der Waals surface area contributed by atoms with E-state index < -0.39 is 0 Å². The molecule has 0 radical (unpaired) electrons. The minimum atomic E-state index is 0.102. The second-order valence-corrected chi connectivity index (χ2v) is 5.11. The minimum Gasteiger partial charge on any atom is -0.295 e. The summed E-state index contributed by atoms with van der Waals surface area (Å²) < 4.78 is 0. The zero-order valence-corrected chi connectivity index (χ0v) is 10.2. The molecule has 0 amide bonds. The fourth-order valence-corrected chi connectivity index (χ4v) is 1.12. The average Bonchev–Trinajstić information content (AvgIpc) is 1.94. The number of ketones is 1. The Kier molecular flexibility index (Phi) is 4.82. The molecule has 0 N–H and O–H groups in total. The molecule has 0 aliphatic rings. The van der Waals surface area contributed by atoms with E-state index in [1.807, 2.05) is 6.08 Å². The van der Waals surface area contributed by atoms with Crippen LogP contribution in [0.5, 0.6) is 0 Å². The molecular formula is C13H22O. The van der Waals surface area contributed by atoms with E-state index >= 15 is 0 Å². The van der Waals surface area contributed by atoms with E-state index in [1.54, 1.807) is 13.0 Å². The summed E-state index contributed by atoms with van der Waals surface area (Å²) in [5.74, 6) is 0.565. The zero-order valence-electron chi connectivity index (χ0n) is 10.2. The molecule has 0 bridgehead atoms. The molecule has 14 heavy (non-hydrogen) atoms. The van der Waals surface area contributed by atoms with Gasteiger partial charge in [-0.25, -0.2) is 0 Å². The Hall–Kier alpha value is -0.850. The number of hydrogen-bond acceptors (Lipinski definition) is 1. The lowest BCUT2D eigenvalue weighted by Gasteiger charge is -2.16. The second-order valence-electron chi connectivity index (χ2n) is 5.11. The molecule has 0 aromatic rings. The van der Waals surface area contributed by atoms with Crippen LogP contribution in [0, 0.1) is 11.3 Å². The molecule has 1 nitrogen and oxygen atoms in total. The number of carbonyl (C=O) groups is 1. The number of carbonyl (C=O) groups excluding carboxylic acids is 1. The van der Waals surface area contributed by atoms with E-state index in [-0.39, 0.29) is 11.2 Å². The Morgan fingerprint density at radius 2 is 1.64 bits per heavy atom. The lowest BCUT2D eigenvalue weighted by molar-refractivity contribution is -0.112. The number of allylic oxidation sites excluding steroid dienone is 4. The molecule has 0 heterocycles.